The van der Waals surface area contributed by atoms with E-state index >= 15 is 0 Å². The molecule has 2 rings (SSSR count). The summed E-state index contributed by atoms with van der Waals surface area (Å²) < 4.78 is 12.8. The van der Waals surface area contributed by atoms with Crippen LogP contribution in [0.3, 0.4) is 0 Å². The summed E-state index contributed by atoms with van der Waals surface area (Å²) in [5.74, 6) is -0.597. The number of halogens is 1. The molecule has 1 fully saturated rings. The Bertz CT molecular complexity index is 350. The second-order valence-electron chi connectivity index (χ2n) is 3.34. The number of amides is 1. The lowest BCUT2D eigenvalue weighted by molar-refractivity contribution is 0.0923. The van der Waals surface area contributed by atoms with Crippen molar-refractivity contribution in [2.75, 3.05) is 13.1 Å². The molecule has 1 saturated heterocycles. The van der Waals surface area contributed by atoms with Crippen molar-refractivity contribution in [3.63, 3.8) is 0 Å². The zero-order chi connectivity index (χ0) is 9.97. The monoisotopic (exact) mass is 194 g/mol. The van der Waals surface area contributed by atoms with Crippen LogP contribution in [0.5, 0.6) is 0 Å². The molecule has 0 aromatic heterocycles. The summed E-state index contributed by atoms with van der Waals surface area (Å²) in [5.41, 5.74) is 0.372. The predicted octanol–water partition coefficient (Wildman–Crippen LogP) is 0.527. The van der Waals surface area contributed by atoms with E-state index in [4.69, 9.17) is 0 Å². The number of nitrogens with one attached hydrogen (secondary N) is 2. The molecule has 0 saturated carbocycles. The average Bonchev–Trinajstić information content (AvgIpc) is 2.11. The first kappa shape index (κ1) is 9.15. The molecule has 3 nitrogen and oxygen atoms in total. The van der Waals surface area contributed by atoms with Crippen molar-refractivity contribution in [3.05, 3.63) is 35.6 Å². The minimum absolute atomic E-state index is 0.186. The van der Waals surface area contributed by atoms with Gasteiger partial charge in [-0.25, -0.2) is 4.39 Å². The summed E-state index contributed by atoms with van der Waals surface area (Å²) >= 11 is 0. The Kier molecular flexibility index (Phi) is 2.45. The fourth-order valence-electron chi connectivity index (χ4n) is 1.29. The first-order valence-corrected chi connectivity index (χ1v) is 4.53. The van der Waals surface area contributed by atoms with Gasteiger partial charge in [0.05, 0.1) is 6.04 Å². The lowest BCUT2D eigenvalue weighted by Gasteiger charge is -2.27. The van der Waals surface area contributed by atoms with Crippen LogP contribution in [0.2, 0.25) is 0 Å². The fraction of sp³-hybridized carbons (Fsp3) is 0.300. The molecule has 1 aromatic rings. The number of carbonyl (C=O) groups is 1. The second kappa shape index (κ2) is 3.75. The average molecular weight is 194 g/mol. The molecule has 0 atom stereocenters. The van der Waals surface area contributed by atoms with Gasteiger partial charge in [-0.1, -0.05) is 6.07 Å². The highest BCUT2D eigenvalue weighted by Gasteiger charge is 2.19. The van der Waals surface area contributed by atoms with Crippen molar-refractivity contribution >= 4 is 5.91 Å². The molecular weight excluding hydrogens is 183 g/mol. The third kappa shape index (κ3) is 1.90. The maximum atomic E-state index is 12.8. The Hall–Kier alpha value is -1.42. The summed E-state index contributed by atoms with van der Waals surface area (Å²) in [7, 11) is 0. The standard InChI is InChI=1S/C10H11FN2O/c11-8-3-1-2-7(4-8)10(14)13-9-5-12-6-9/h1-4,9,12H,5-6H2,(H,13,14). The van der Waals surface area contributed by atoms with Crippen LogP contribution in [0.15, 0.2) is 24.3 Å². The van der Waals surface area contributed by atoms with E-state index in [1.165, 1.54) is 18.2 Å². The van der Waals surface area contributed by atoms with E-state index in [-0.39, 0.29) is 17.8 Å². The SMILES string of the molecule is O=C(NC1CNC1)c1cccc(F)c1. The number of hydrogen-bond donors (Lipinski definition) is 2. The molecule has 1 amide bonds. The van der Waals surface area contributed by atoms with Gasteiger partial charge in [0.1, 0.15) is 5.82 Å². The number of benzene rings is 1. The third-order valence-corrected chi connectivity index (χ3v) is 2.20. The quantitative estimate of drug-likeness (QED) is 0.721. The van der Waals surface area contributed by atoms with Crippen molar-refractivity contribution in [2.24, 2.45) is 0 Å². The minimum Gasteiger partial charge on any atom is -0.347 e. The molecule has 0 unspecified atom stereocenters. The largest absolute Gasteiger partial charge is 0.347 e. The zero-order valence-electron chi connectivity index (χ0n) is 7.59. The summed E-state index contributed by atoms with van der Waals surface area (Å²) in [6.45, 7) is 1.59. The molecule has 0 spiro atoms. The van der Waals surface area contributed by atoms with Gasteiger partial charge in [0.25, 0.3) is 5.91 Å². The Morgan fingerprint density at radius 1 is 1.50 bits per heavy atom. The van der Waals surface area contributed by atoms with Crippen LogP contribution in [0.4, 0.5) is 4.39 Å². The molecule has 14 heavy (non-hydrogen) atoms. The Balaban J connectivity index is 2.02. The normalized spacial score (nSPS) is 16.1. The van der Waals surface area contributed by atoms with Crippen LogP contribution < -0.4 is 10.6 Å². The molecule has 0 bridgehead atoms. The highest BCUT2D eigenvalue weighted by Crippen LogP contribution is 2.04. The van der Waals surface area contributed by atoms with Crippen LogP contribution in [-0.2, 0) is 0 Å². The summed E-state index contributed by atoms with van der Waals surface area (Å²) in [4.78, 5) is 11.5. The molecule has 4 heteroatoms. The fourth-order valence-corrected chi connectivity index (χ4v) is 1.29. The van der Waals surface area contributed by atoms with E-state index in [0.29, 0.717) is 5.56 Å². The Morgan fingerprint density at radius 2 is 2.29 bits per heavy atom. The first-order valence-electron chi connectivity index (χ1n) is 4.53. The molecule has 1 aromatic carbocycles. The van der Waals surface area contributed by atoms with Gasteiger partial charge in [-0.2, -0.15) is 0 Å². The van der Waals surface area contributed by atoms with E-state index in [2.05, 4.69) is 10.6 Å². The van der Waals surface area contributed by atoms with Crippen LogP contribution in [0.25, 0.3) is 0 Å². The first-order chi connectivity index (χ1) is 6.75. The minimum atomic E-state index is -0.385. The Labute approximate surface area is 81.3 Å². The van der Waals surface area contributed by atoms with E-state index in [0.717, 1.165) is 13.1 Å². The third-order valence-electron chi connectivity index (χ3n) is 2.20. The molecule has 1 aliphatic heterocycles. The van der Waals surface area contributed by atoms with E-state index in [1.807, 2.05) is 0 Å². The van der Waals surface area contributed by atoms with Crippen LogP contribution in [-0.4, -0.2) is 25.0 Å². The number of hydrogen-bond acceptors (Lipinski definition) is 2. The van der Waals surface area contributed by atoms with Crippen molar-refractivity contribution in [2.45, 2.75) is 6.04 Å². The van der Waals surface area contributed by atoms with Crippen LogP contribution in [0.1, 0.15) is 10.4 Å². The molecule has 74 valence electrons. The van der Waals surface area contributed by atoms with Gasteiger partial charge in [0.15, 0.2) is 0 Å². The van der Waals surface area contributed by atoms with Gasteiger partial charge in [-0.05, 0) is 18.2 Å². The predicted molar refractivity (Wildman–Crippen MR) is 50.5 cm³/mol. The summed E-state index contributed by atoms with van der Waals surface area (Å²) in [5, 5.41) is 5.83. The second-order valence-corrected chi connectivity index (χ2v) is 3.34. The van der Waals surface area contributed by atoms with Crippen molar-refractivity contribution < 1.29 is 9.18 Å². The maximum Gasteiger partial charge on any atom is 0.251 e. The van der Waals surface area contributed by atoms with Gasteiger partial charge in [0, 0.05) is 18.7 Å². The van der Waals surface area contributed by atoms with E-state index < -0.39 is 0 Å². The number of carbonyl (C=O) groups excluding carboxylic acids is 1. The molecule has 1 aliphatic rings. The van der Waals surface area contributed by atoms with Crippen molar-refractivity contribution in [3.8, 4) is 0 Å². The smallest absolute Gasteiger partial charge is 0.251 e. The van der Waals surface area contributed by atoms with Crippen molar-refractivity contribution in [1.29, 1.82) is 0 Å². The summed E-state index contributed by atoms with van der Waals surface area (Å²) in [6.07, 6.45) is 0. The highest BCUT2D eigenvalue weighted by molar-refractivity contribution is 5.94. The van der Waals surface area contributed by atoms with Crippen LogP contribution in [0, 0.1) is 5.82 Å². The van der Waals surface area contributed by atoms with Crippen molar-refractivity contribution in [1.82, 2.24) is 10.6 Å². The zero-order valence-corrected chi connectivity index (χ0v) is 7.59. The van der Waals surface area contributed by atoms with E-state index in [1.54, 1.807) is 6.07 Å². The summed E-state index contributed by atoms with van der Waals surface area (Å²) in [6, 6.07) is 5.88. The van der Waals surface area contributed by atoms with Gasteiger partial charge < -0.3 is 10.6 Å². The molecule has 0 aliphatic carbocycles. The molecule has 0 radical (unpaired) electrons. The van der Waals surface area contributed by atoms with Gasteiger partial charge in [-0.3, -0.25) is 4.79 Å². The number of rotatable bonds is 2. The highest BCUT2D eigenvalue weighted by atomic mass is 19.1. The molecule has 2 N–H and O–H groups in total. The van der Waals surface area contributed by atoms with Gasteiger partial charge in [-0.15, -0.1) is 0 Å². The Morgan fingerprint density at radius 3 is 2.86 bits per heavy atom. The lowest BCUT2D eigenvalue weighted by atomic mass is 10.1. The molecular formula is C10H11FN2O. The molecule has 1 heterocycles. The van der Waals surface area contributed by atoms with Gasteiger partial charge in [0.2, 0.25) is 0 Å². The van der Waals surface area contributed by atoms with E-state index in [9.17, 15) is 9.18 Å². The lowest BCUT2D eigenvalue weighted by Crippen LogP contribution is -2.56. The maximum absolute atomic E-state index is 12.8. The van der Waals surface area contributed by atoms with Crippen LogP contribution >= 0.6 is 0 Å². The topological polar surface area (TPSA) is 41.1 Å². The van der Waals surface area contributed by atoms with Gasteiger partial charge >= 0.3 is 0 Å².